The highest BCUT2D eigenvalue weighted by Crippen LogP contribution is 2.42. The number of nitrogens with zero attached hydrogens (tertiary/aromatic N) is 2. The summed E-state index contributed by atoms with van der Waals surface area (Å²) in [5.74, 6) is 0. The van der Waals surface area contributed by atoms with Crippen molar-refractivity contribution in [2.24, 2.45) is 0 Å². The zero-order chi connectivity index (χ0) is 13.2. The summed E-state index contributed by atoms with van der Waals surface area (Å²) >= 11 is 1.15. The summed E-state index contributed by atoms with van der Waals surface area (Å²) in [6.07, 6.45) is 0.501. The van der Waals surface area contributed by atoms with Gasteiger partial charge in [0.1, 0.15) is 6.07 Å². The Morgan fingerprint density at radius 1 is 1.33 bits per heavy atom. The normalized spacial score (nSPS) is 16.8. The summed E-state index contributed by atoms with van der Waals surface area (Å²) in [5, 5.41) is 9.06. The van der Waals surface area contributed by atoms with Crippen LogP contribution in [0.1, 0.15) is 36.9 Å². The van der Waals surface area contributed by atoms with Gasteiger partial charge < -0.3 is 0 Å². The number of alkyl halides is 3. The van der Waals surface area contributed by atoms with E-state index in [-0.39, 0.29) is 15.8 Å². The quantitative estimate of drug-likeness (QED) is 0.816. The van der Waals surface area contributed by atoms with Crippen LogP contribution >= 0.6 is 11.8 Å². The Labute approximate surface area is 107 Å². The zero-order valence-corrected chi connectivity index (χ0v) is 10.3. The second kappa shape index (κ2) is 5.19. The van der Waals surface area contributed by atoms with Crippen LogP contribution in [0.5, 0.6) is 0 Å². The summed E-state index contributed by atoms with van der Waals surface area (Å²) in [5.41, 5.74) is -0.868. The van der Waals surface area contributed by atoms with E-state index in [1.807, 2.05) is 0 Å². The number of aromatic nitrogens is 1. The topological polar surface area (TPSA) is 36.7 Å². The van der Waals surface area contributed by atoms with Crippen molar-refractivity contribution >= 4 is 11.8 Å². The van der Waals surface area contributed by atoms with E-state index in [4.69, 9.17) is 5.26 Å². The predicted molar refractivity (Wildman–Crippen MR) is 62.1 cm³/mol. The van der Waals surface area contributed by atoms with Crippen molar-refractivity contribution in [2.45, 2.75) is 42.0 Å². The number of halogens is 3. The molecule has 0 aliphatic heterocycles. The van der Waals surface area contributed by atoms with Gasteiger partial charge in [-0.1, -0.05) is 12.8 Å². The molecule has 2 rings (SSSR count). The molecule has 1 saturated carbocycles. The van der Waals surface area contributed by atoms with Crippen molar-refractivity contribution in [2.75, 3.05) is 0 Å². The van der Waals surface area contributed by atoms with E-state index in [1.165, 1.54) is 0 Å². The lowest BCUT2D eigenvalue weighted by molar-refractivity contribution is -0.139. The van der Waals surface area contributed by atoms with Gasteiger partial charge in [-0.25, -0.2) is 4.98 Å². The molecule has 6 heteroatoms. The van der Waals surface area contributed by atoms with E-state index in [0.717, 1.165) is 49.7 Å². The molecule has 0 atom stereocenters. The van der Waals surface area contributed by atoms with Gasteiger partial charge in [0.2, 0.25) is 0 Å². The lowest BCUT2D eigenvalue weighted by atomic mass is 10.2. The maximum atomic E-state index is 12.9. The van der Waals surface area contributed by atoms with Gasteiger partial charge in [0.25, 0.3) is 0 Å². The minimum absolute atomic E-state index is 0.0144. The summed E-state index contributed by atoms with van der Waals surface area (Å²) in [6.45, 7) is 0. The molecule has 1 aromatic rings. The Bertz CT molecular complexity index is 473. The molecule has 18 heavy (non-hydrogen) atoms. The Kier molecular flexibility index (Phi) is 3.81. The van der Waals surface area contributed by atoms with E-state index >= 15 is 0 Å². The highest BCUT2D eigenvalue weighted by Gasteiger charge is 2.36. The first-order chi connectivity index (χ1) is 8.52. The lowest BCUT2D eigenvalue weighted by Crippen LogP contribution is -2.10. The molecule has 0 bridgehead atoms. The molecular formula is C12H11F3N2S. The summed E-state index contributed by atoms with van der Waals surface area (Å²) in [6, 6.07) is 2.69. The molecule has 2 nitrogen and oxygen atoms in total. The van der Waals surface area contributed by atoms with Gasteiger partial charge >= 0.3 is 6.18 Å². The number of rotatable bonds is 2. The van der Waals surface area contributed by atoms with Crippen molar-refractivity contribution < 1.29 is 13.2 Å². The van der Waals surface area contributed by atoms with Crippen LogP contribution in [0.2, 0.25) is 0 Å². The van der Waals surface area contributed by atoms with Crippen LogP contribution in [0.4, 0.5) is 13.2 Å². The highest BCUT2D eigenvalue weighted by atomic mass is 32.2. The van der Waals surface area contributed by atoms with Crippen LogP contribution in [0.15, 0.2) is 17.2 Å². The zero-order valence-electron chi connectivity index (χ0n) is 9.50. The average Bonchev–Trinajstić information content (AvgIpc) is 2.80. The number of pyridine rings is 1. The fourth-order valence-corrected chi connectivity index (χ4v) is 3.47. The van der Waals surface area contributed by atoms with Crippen LogP contribution in [-0.4, -0.2) is 10.2 Å². The monoisotopic (exact) mass is 272 g/mol. The standard InChI is InChI=1S/C12H11F3N2S/c13-12(14,15)9-5-6-17-10(7-16)11(9)18-8-3-1-2-4-8/h5-6,8H,1-4H2. The van der Waals surface area contributed by atoms with Gasteiger partial charge in [0, 0.05) is 11.4 Å². The Morgan fingerprint density at radius 3 is 2.56 bits per heavy atom. The maximum absolute atomic E-state index is 12.9. The number of nitriles is 1. The SMILES string of the molecule is N#Cc1nccc(C(F)(F)F)c1SC1CCCC1. The lowest BCUT2D eigenvalue weighted by Gasteiger charge is -2.15. The molecule has 1 fully saturated rings. The Hall–Kier alpha value is -1.22. The average molecular weight is 272 g/mol. The van der Waals surface area contributed by atoms with E-state index < -0.39 is 11.7 Å². The van der Waals surface area contributed by atoms with Crippen LogP contribution in [0, 0.1) is 11.3 Å². The third-order valence-corrected chi connectivity index (χ3v) is 4.36. The van der Waals surface area contributed by atoms with Crippen LogP contribution in [-0.2, 0) is 6.18 Å². The molecule has 0 unspecified atom stereocenters. The van der Waals surface area contributed by atoms with E-state index in [9.17, 15) is 13.2 Å². The third-order valence-electron chi connectivity index (χ3n) is 2.90. The first-order valence-electron chi connectivity index (χ1n) is 5.65. The van der Waals surface area contributed by atoms with Crippen molar-refractivity contribution in [3.8, 4) is 6.07 Å². The predicted octanol–water partition coefficient (Wildman–Crippen LogP) is 4.01. The number of hydrogen-bond acceptors (Lipinski definition) is 3. The van der Waals surface area contributed by atoms with Crippen molar-refractivity contribution in [3.63, 3.8) is 0 Å². The molecule has 0 saturated heterocycles. The number of hydrogen-bond donors (Lipinski definition) is 0. The van der Waals surface area contributed by atoms with Gasteiger partial charge in [-0.15, -0.1) is 11.8 Å². The molecule has 1 aliphatic rings. The Balaban J connectivity index is 2.38. The van der Waals surface area contributed by atoms with Gasteiger partial charge in [0.05, 0.1) is 10.5 Å². The Morgan fingerprint density at radius 2 is 2.00 bits per heavy atom. The molecule has 0 radical (unpaired) electrons. The van der Waals surface area contributed by atoms with E-state index in [2.05, 4.69) is 4.98 Å². The molecular weight excluding hydrogens is 261 g/mol. The molecule has 0 amide bonds. The first-order valence-corrected chi connectivity index (χ1v) is 6.53. The van der Waals surface area contributed by atoms with Crippen molar-refractivity contribution in [3.05, 3.63) is 23.5 Å². The van der Waals surface area contributed by atoms with Crippen LogP contribution in [0.3, 0.4) is 0 Å². The molecule has 0 N–H and O–H groups in total. The minimum Gasteiger partial charge on any atom is -0.244 e. The summed E-state index contributed by atoms with van der Waals surface area (Å²) in [7, 11) is 0. The second-order valence-corrected chi connectivity index (χ2v) is 5.48. The second-order valence-electron chi connectivity index (χ2n) is 4.17. The highest BCUT2D eigenvalue weighted by molar-refractivity contribution is 8.00. The molecule has 1 heterocycles. The van der Waals surface area contributed by atoms with Gasteiger partial charge in [-0.2, -0.15) is 18.4 Å². The molecule has 0 aromatic carbocycles. The fourth-order valence-electron chi connectivity index (χ4n) is 2.04. The summed E-state index contributed by atoms with van der Waals surface area (Å²) in [4.78, 5) is 3.72. The fraction of sp³-hybridized carbons (Fsp3) is 0.500. The van der Waals surface area contributed by atoms with Crippen molar-refractivity contribution in [1.82, 2.24) is 4.98 Å². The largest absolute Gasteiger partial charge is 0.417 e. The summed E-state index contributed by atoms with van der Waals surface area (Å²) < 4.78 is 38.7. The third kappa shape index (κ3) is 2.78. The molecule has 1 aliphatic carbocycles. The molecule has 0 spiro atoms. The minimum atomic E-state index is -4.44. The van der Waals surface area contributed by atoms with Crippen molar-refractivity contribution in [1.29, 1.82) is 5.26 Å². The van der Waals surface area contributed by atoms with E-state index in [1.54, 1.807) is 6.07 Å². The smallest absolute Gasteiger partial charge is 0.244 e. The molecule has 96 valence electrons. The van der Waals surface area contributed by atoms with Crippen LogP contribution < -0.4 is 0 Å². The number of thioether (sulfide) groups is 1. The first kappa shape index (κ1) is 13.2. The molecule has 1 aromatic heterocycles. The maximum Gasteiger partial charge on any atom is 0.417 e. The van der Waals surface area contributed by atoms with Gasteiger partial charge in [0.15, 0.2) is 5.69 Å². The van der Waals surface area contributed by atoms with Gasteiger partial charge in [-0.3, -0.25) is 0 Å². The van der Waals surface area contributed by atoms with E-state index in [0.29, 0.717) is 0 Å². The van der Waals surface area contributed by atoms with Crippen LogP contribution in [0.25, 0.3) is 0 Å². The van der Waals surface area contributed by atoms with Gasteiger partial charge in [-0.05, 0) is 18.9 Å².